The summed E-state index contributed by atoms with van der Waals surface area (Å²) in [6, 6.07) is 15.5. The van der Waals surface area contributed by atoms with E-state index in [-0.39, 0.29) is 5.91 Å². The van der Waals surface area contributed by atoms with Crippen LogP contribution in [-0.2, 0) is 17.6 Å². The van der Waals surface area contributed by atoms with Crippen molar-refractivity contribution in [1.29, 1.82) is 0 Å². The summed E-state index contributed by atoms with van der Waals surface area (Å²) in [6.45, 7) is 0. The molecule has 0 unspecified atom stereocenters. The van der Waals surface area contributed by atoms with Crippen molar-refractivity contribution in [3.05, 3.63) is 77.8 Å². The normalized spacial score (nSPS) is 13.1. The minimum Gasteiger partial charge on any atom is -0.307 e. The lowest BCUT2D eigenvalue weighted by atomic mass is 10.2. The molecule has 0 spiro atoms. The molecule has 1 aliphatic rings. The molecule has 0 atom stereocenters. The molecule has 0 saturated heterocycles. The van der Waals surface area contributed by atoms with Crippen molar-refractivity contribution in [2.24, 2.45) is 0 Å². The second kappa shape index (κ2) is 6.73. The number of para-hydroxylation sites is 1. The summed E-state index contributed by atoms with van der Waals surface area (Å²) in [7, 11) is 0. The van der Waals surface area contributed by atoms with Crippen LogP contribution >= 0.6 is 0 Å². The van der Waals surface area contributed by atoms with Crippen molar-refractivity contribution in [3.63, 3.8) is 0 Å². The number of carbonyl (C=O) groups excluding carboxylic acids is 1. The van der Waals surface area contributed by atoms with Crippen LogP contribution in [0.1, 0.15) is 23.4 Å². The second-order valence-corrected chi connectivity index (χ2v) is 5.95. The predicted octanol–water partition coefficient (Wildman–Crippen LogP) is 3.41. The number of anilines is 1. The van der Waals surface area contributed by atoms with E-state index in [2.05, 4.69) is 10.3 Å². The molecule has 25 heavy (non-hydrogen) atoms. The maximum absolute atomic E-state index is 12.4. The highest BCUT2D eigenvalue weighted by atomic mass is 16.1. The minimum atomic E-state index is -0.183. The number of fused-ring (bicyclic) bond motifs is 1. The van der Waals surface area contributed by atoms with Crippen molar-refractivity contribution in [3.8, 4) is 5.69 Å². The summed E-state index contributed by atoms with van der Waals surface area (Å²) >= 11 is 0. The number of benzene rings is 1. The van der Waals surface area contributed by atoms with E-state index in [1.165, 1.54) is 6.08 Å². The van der Waals surface area contributed by atoms with E-state index in [9.17, 15) is 4.79 Å². The third-order valence-electron chi connectivity index (χ3n) is 4.24. The molecular weight excluding hydrogens is 312 g/mol. The Balaban J connectivity index is 1.62. The quantitative estimate of drug-likeness (QED) is 0.746. The summed E-state index contributed by atoms with van der Waals surface area (Å²) in [4.78, 5) is 16.6. The molecule has 1 aliphatic carbocycles. The van der Waals surface area contributed by atoms with Crippen LogP contribution in [0.4, 0.5) is 5.82 Å². The van der Waals surface area contributed by atoms with Gasteiger partial charge in [0.2, 0.25) is 5.91 Å². The summed E-state index contributed by atoms with van der Waals surface area (Å²) in [5.74, 6) is 0.590. The predicted molar refractivity (Wildman–Crippen MR) is 97.5 cm³/mol. The standard InChI is InChI=1S/C20H18N4O/c25-19(13-12-15-7-4-5-14-21-15)22-20-17-10-6-11-18(17)23-24(20)16-8-2-1-3-9-16/h1-5,7-9,12-14H,6,10-11H2,(H,22,25)/b13-12+. The Bertz CT molecular complexity index is 914. The van der Waals surface area contributed by atoms with Gasteiger partial charge in [0, 0.05) is 17.8 Å². The fraction of sp³-hybridized carbons (Fsp3) is 0.150. The van der Waals surface area contributed by atoms with Crippen LogP contribution in [0.5, 0.6) is 0 Å². The first-order valence-corrected chi connectivity index (χ1v) is 8.37. The Kier molecular flexibility index (Phi) is 4.12. The van der Waals surface area contributed by atoms with Crippen LogP contribution in [-0.4, -0.2) is 20.7 Å². The van der Waals surface area contributed by atoms with E-state index in [4.69, 9.17) is 5.10 Å². The van der Waals surface area contributed by atoms with Gasteiger partial charge < -0.3 is 5.32 Å². The van der Waals surface area contributed by atoms with Gasteiger partial charge in [-0.1, -0.05) is 24.3 Å². The number of nitrogens with one attached hydrogen (secondary N) is 1. The van der Waals surface area contributed by atoms with Gasteiger partial charge in [-0.05, 0) is 49.6 Å². The van der Waals surface area contributed by atoms with Crippen molar-refractivity contribution in [1.82, 2.24) is 14.8 Å². The Labute approximate surface area is 146 Å². The largest absolute Gasteiger partial charge is 0.307 e. The molecule has 5 nitrogen and oxygen atoms in total. The Hall–Kier alpha value is -3.21. The third-order valence-corrected chi connectivity index (χ3v) is 4.24. The van der Waals surface area contributed by atoms with E-state index in [0.717, 1.165) is 47.7 Å². The summed E-state index contributed by atoms with van der Waals surface area (Å²) in [5.41, 5.74) is 3.91. The van der Waals surface area contributed by atoms with Crippen molar-refractivity contribution >= 4 is 17.8 Å². The lowest BCUT2D eigenvalue weighted by Gasteiger charge is -2.09. The van der Waals surface area contributed by atoms with E-state index in [1.54, 1.807) is 12.3 Å². The lowest BCUT2D eigenvalue weighted by Crippen LogP contribution is -2.13. The second-order valence-electron chi connectivity index (χ2n) is 5.95. The number of aryl methyl sites for hydroxylation is 1. The molecule has 0 aliphatic heterocycles. The van der Waals surface area contributed by atoms with Gasteiger partial charge in [0.15, 0.2) is 0 Å². The SMILES string of the molecule is O=C(/C=C/c1ccccn1)Nc1c2c(nn1-c1ccccc1)CCC2. The van der Waals surface area contributed by atoms with Crippen molar-refractivity contribution < 1.29 is 4.79 Å². The highest BCUT2D eigenvalue weighted by Crippen LogP contribution is 2.30. The van der Waals surface area contributed by atoms with Gasteiger partial charge in [0.05, 0.1) is 17.1 Å². The molecule has 3 aromatic rings. The molecule has 5 heteroatoms. The van der Waals surface area contributed by atoms with Gasteiger partial charge in [-0.25, -0.2) is 4.68 Å². The molecule has 0 bridgehead atoms. The Morgan fingerprint density at radius 2 is 1.92 bits per heavy atom. The van der Waals surface area contributed by atoms with Gasteiger partial charge in [0.1, 0.15) is 5.82 Å². The summed E-state index contributed by atoms with van der Waals surface area (Å²) in [5, 5.41) is 7.70. The first-order chi connectivity index (χ1) is 12.3. The number of hydrogen-bond acceptors (Lipinski definition) is 3. The zero-order chi connectivity index (χ0) is 17.1. The highest BCUT2D eigenvalue weighted by molar-refractivity contribution is 6.02. The monoisotopic (exact) mass is 330 g/mol. The average molecular weight is 330 g/mol. The molecule has 0 saturated carbocycles. The minimum absolute atomic E-state index is 0.183. The fourth-order valence-corrected chi connectivity index (χ4v) is 3.07. The van der Waals surface area contributed by atoms with E-state index in [0.29, 0.717) is 0 Å². The van der Waals surface area contributed by atoms with Gasteiger partial charge in [-0.3, -0.25) is 9.78 Å². The number of carbonyl (C=O) groups is 1. The van der Waals surface area contributed by atoms with Crippen molar-refractivity contribution in [2.45, 2.75) is 19.3 Å². The number of aromatic nitrogens is 3. The topological polar surface area (TPSA) is 59.8 Å². The molecule has 4 rings (SSSR count). The first-order valence-electron chi connectivity index (χ1n) is 8.37. The average Bonchev–Trinajstić information content (AvgIpc) is 3.24. The van der Waals surface area contributed by atoms with Crippen molar-refractivity contribution in [2.75, 3.05) is 5.32 Å². The van der Waals surface area contributed by atoms with E-state index in [1.807, 2.05) is 53.2 Å². The number of nitrogens with zero attached hydrogens (tertiary/aromatic N) is 3. The molecule has 2 heterocycles. The fourth-order valence-electron chi connectivity index (χ4n) is 3.07. The summed E-state index contributed by atoms with van der Waals surface area (Å²) in [6.07, 6.45) is 7.91. The van der Waals surface area contributed by atoms with Gasteiger partial charge in [-0.2, -0.15) is 5.10 Å². The maximum atomic E-state index is 12.4. The van der Waals surface area contributed by atoms with Crippen LogP contribution in [0.15, 0.2) is 60.8 Å². The van der Waals surface area contributed by atoms with Gasteiger partial charge in [0.25, 0.3) is 0 Å². The highest BCUT2D eigenvalue weighted by Gasteiger charge is 2.23. The zero-order valence-corrected chi connectivity index (χ0v) is 13.7. The molecule has 0 radical (unpaired) electrons. The van der Waals surface area contributed by atoms with E-state index >= 15 is 0 Å². The molecule has 0 fully saturated rings. The van der Waals surface area contributed by atoms with Crippen LogP contribution in [0, 0.1) is 0 Å². The number of amides is 1. The van der Waals surface area contributed by atoms with Crippen LogP contribution in [0.2, 0.25) is 0 Å². The molecule has 124 valence electrons. The molecule has 1 N–H and O–H groups in total. The number of rotatable bonds is 4. The maximum Gasteiger partial charge on any atom is 0.249 e. The molecule has 1 amide bonds. The number of hydrogen-bond donors (Lipinski definition) is 1. The van der Waals surface area contributed by atoms with Crippen LogP contribution in [0.3, 0.4) is 0 Å². The lowest BCUT2D eigenvalue weighted by molar-refractivity contribution is -0.111. The smallest absolute Gasteiger partial charge is 0.249 e. The molecule has 2 aromatic heterocycles. The van der Waals surface area contributed by atoms with Crippen LogP contribution in [0.25, 0.3) is 11.8 Å². The van der Waals surface area contributed by atoms with Gasteiger partial charge in [-0.15, -0.1) is 0 Å². The van der Waals surface area contributed by atoms with E-state index < -0.39 is 0 Å². The van der Waals surface area contributed by atoms with Gasteiger partial charge >= 0.3 is 0 Å². The molecular formula is C20H18N4O. The Morgan fingerprint density at radius 3 is 2.72 bits per heavy atom. The zero-order valence-electron chi connectivity index (χ0n) is 13.7. The number of pyridine rings is 1. The molecule has 1 aromatic carbocycles. The summed E-state index contributed by atoms with van der Waals surface area (Å²) < 4.78 is 1.83. The Morgan fingerprint density at radius 1 is 1.08 bits per heavy atom. The first kappa shape index (κ1) is 15.3. The van der Waals surface area contributed by atoms with Crippen LogP contribution < -0.4 is 5.32 Å². The third kappa shape index (κ3) is 3.21.